The second-order valence-electron chi connectivity index (χ2n) is 3.80. The van der Waals surface area contributed by atoms with Crippen molar-refractivity contribution in [2.24, 2.45) is 0 Å². The predicted molar refractivity (Wildman–Crippen MR) is 71.3 cm³/mol. The molecule has 19 heavy (non-hydrogen) atoms. The van der Waals surface area contributed by atoms with E-state index in [-0.39, 0.29) is 17.0 Å². The van der Waals surface area contributed by atoms with Gasteiger partial charge in [-0.2, -0.15) is 5.10 Å². The number of carbonyl (C=O) groups excluding carboxylic acids is 1. The Morgan fingerprint density at radius 2 is 2.21 bits per heavy atom. The number of carbonyl (C=O) groups is 1. The Labute approximate surface area is 114 Å². The van der Waals surface area contributed by atoms with E-state index in [0.29, 0.717) is 17.3 Å². The monoisotopic (exact) mass is 280 g/mol. The molecule has 1 amide bonds. The minimum absolute atomic E-state index is 0.143. The number of aromatic nitrogens is 3. The highest BCUT2D eigenvalue weighted by molar-refractivity contribution is 8.00. The number of nitrogens with zero attached hydrogens (tertiary/aromatic N) is 2. The molecule has 0 aliphatic heterocycles. The molecule has 2 rings (SSSR count). The fourth-order valence-corrected chi connectivity index (χ4v) is 2.28. The van der Waals surface area contributed by atoms with E-state index in [1.54, 1.807) is 0 Å². The first-order valence-corrected chi connectivity index (χ1v) is 6.65. The number of rotatable bonds is 5. The van der Waals surface area contributed by atoms with Crippen LogP contribution in [-0.4, -0.2) is 26.3 Å². The van der Waals surface area contributed by atoms with Crippen LogP contribution in [0.2, 0.25) is 0 Å². The van der Waals surface area contributed by atoms with E-state index >= 15 is 0 Å². The Balaban J connectivity index is 1.98. The molecular weight excluding hydrogens is 267 g/mol. The van der Waals surface area contributed by atoms with Crippen LogP contribution in [0.25, 0.3) is 0 Å². The maximum Gasteiger partial charge on any atom is 0.237 e. The topological polar surface area (TPSA) is 70.7 Å². The molecule has 0 fully saturated rings. The molecule has 0 radical (unpaired) electrons. The van der Waals surface area contributed by atoms with E-state index in [1.807, 2.05) is 6.92 Å². The van der Waals surface area contributed by atoms with Gasteiger partial charge in [-0.1, -0.05) is 18.7 Å². The molecule has 0 aliphatic carbocycles. The van der Waals surface area contributed by atoms with Gasteiger partial charge in [-0.3, -0.25) is 9.89 Å². The lowest BCUT2D eigenvalue weighted by molar-refractivity contribution is -0.115. The zero-order valence-electron chi connectivity index (χ0n) is 10.3. The van der Waals surface area contributed by atoms with Crippen LogP contribution in [0.5, 0.6) is 0 Å². The Bertz CT molecular complexity index is 529. The second-order valence-corrected chi connectivity index (χ2v) is 4.99. The zero-order chi connectivity index (χ0) is 13.7. The summed E-state index contributed by atoms with van der Waals surface area (Å²) in [5.74, 6) is -0.475. The molecule has 1 heterocycles. The van der Waals surface area contributed by atoms with Gasteiger partial charge in [0.1, 0.15) is 12.1 Å². The first-order chi connectivity index (χ1) is 9.19. The van der Waals surface area contributed by atoms with Gasteiger partial charge in [0, 0.05) is 5.69 Å². The van der Waals surface area contributed by atoms with E-state index in [9.17, 15) is 9.18 Å². The molecule has 1 atom stereocenters. The molecule has 0 saturated carbocycles. The van der Waals surface area contributed by atoms with Crippen LogP contribution in [0.4, 0.5) is 10.1 Å². The van der Waals surface area contributed by atoms with Crippen molar-refractivity contribution in [3.8, 4) is 0 Å². The van der Waals surface area contributed by atoms with Crippen molar-refractivity contribution in [3.05, 3.63) is 36.4 Å². The van der Waals surface area contributed by atoms with Crippen molar-refractivity contribution in [2.75, 3.05) is 5.32 Å². The number of anilines is 1. The highest BCUT2D eigenvalue weighted by Crippen LogP contribution is 2.22. The van der Waals surface area contributed by atoms with Crippen molar-refractivity contribution < 1.29 is 9.18 Å². The molecule has 7 heteroatoms. The number of hydrogen-bond acceptors (Lipinski definition) is 4. The molecular formula is C12H13FN4OS. The van der Waals surface area contributed by atoms with E-state index in [1.165, 1.54) is 42.4 Å². The third-order valence-electron chi connectivity index (χ3n) is 2.42. The van der Waals surface area contributed by atoms with Crippen molar-refractivity contribution >= 4 is 23.4 Å². The molecule has 1 aromatic heterocycles. The number of hydrogen-bond donors (Lipinski definition) is 2. The Morgan fingerprint density at radius 1 is 1.47 bits per heavy atom. The lowest BCUT2D eigenvalue weighted by atomic mass is 10.2. The molecule has 0 unspecified atom stereocenters. The quantitative estimate of drug-likeness (QED) is 0.825. The van der Waals surface area contributed by atoms with Crippen molar-refractivity contribution in [3.63, 3.8) is 0 Å². The smallest absolute Gasteiger partial charge is 0.237 e. The molecule has 0 aliphatic rings. The van der Waals surface area contributed by atoms with E-state index in [2.05, 4.69) is 20.5 Å². The molecule has 0 bridgehead atoms. The van der Waals surface area contributed by atoms with Crippen LogP contribution in [0.3, 0.4) is 0 Å². The van der Waals surface area contributed by atoms with Crippen molar-refractivity contribution in [1.82, 2.24) is 15.2 Å². The van der Waals surface area contributed by atoms with Crippen LogP contribution >= 0.6 is 11.8 Å². The van der Waals surface area contributed by atoms with Crippen LogP contribution in [-0.2, 0) is 4.79 Å². The number of benzene rings is 1. The molecule has 0 saturated heterocycles. The molecule has 2 N–H and O–H groups in total. The average Bonchev–Trinajstić information content (AvgIpc) is 2.91. The fourth-order valence-electron chi connectivity index (χ4n) is 1.46. The summed E-state index contributed by atoms with van der Waals surface area (Å²) in [6.45, 7) is 1.91. The van der Waals surface area contributed by atoms with Gasteiger partial charge in [-0.05, 0) is 30.7 Å². The number of amides is 1. The Morgan fingerprint density at radius 3 is 2.79 bits per heavy atom. The second kappa shape index (κ2) is 6.33. The van der Waals surface area contributed by atoms with Gasteiger partial charge < -0.3 is 5.32 Å². The van der Waals surface area contributed by atoms with Crippen LogP contribution < -0.4 is 5.32 Å². The number of halogens is 1. The number of H-pyrrole nitrogens is 1. The summed E-state index contributed by atoms with van der Waals surface area (Å²) in [7, 11) is 0. The van der Waals surface area contributed by atoms with Crippen molar-refractivity contribution in [2.45, 2.75) is 23.8 Å². The van der Waals surface area contributed by atoms with Gasteiger partial charge in [-0.25, -0.2) is 9.37 Å². The standard InChI is InChI=1S/C12H13FN4OS/c1-2-10(19-12-14-7-15-17-12)11(18)16-9-5-3-8(13)4-6-9/h3-7,10H,2H2,1H3,(H,16,18)(H,14,15,17)/t10-/m0/s1. The zero-order valence-corrected chi connectivity index (χ0v) is 11.1. The third-order valence-corrected chi connectivity index (χ3v) is 3.67. The summed E-state index contributed by atoms with van der Waals surface area (Å²) in [4.78, 5) is 16.0. The molecule has 100 valence electrons. The first kappa shape index (κ1) is 13.5. The minimum Gasteiger partial charge on any atom is -0.325 e. The minimum atomic E-state index is -0.332. The normalized spacial score (nSPS) is 12.1. The Hall–Kier alpha value is -1.89. The van der Waals surface area contributed by atoms with Gasteiger partial charge in [0.05, 0.1) is 5.25 Å². The van der Waals surface area contributed by atoms with E-state index in [4.69, 9.17) is 0 Å². The van der Waals surface area contributed by atoms with E-state index in [0.717, 1.165) is 0 Å². The predicted octanol–water partition coefficient (Wildman–Crippen LogP) is 2.45. The molecule has 0 spiro atoms. The summed E-state index contributed by atoms with van der Waals surface area (Å²) >= 11 is 1.31. The van der Waals surface area contributed by atoms with E-state index < -0.39 is 0 Å². The fraction of sp³-hybridized carbons (Fsp3) is 0.250. The van der Waals surface area contributed by atoms with Crippen LogP contribution in [0.1, 0.15) is 13.3 Å². The maximum atomic E-state index is 12.8. The number of thioether (sulfide) groups is 1. The number of nitrogens with one attached hydrogen (secondary N) is 2. The largest absolute Gasteiger partial charge is 0.325 e. The van der Waals surface area contributed by atoms with Crippen LogP contribution in [0.15, 0.2) is 35.7 Å². The van der Waals surface area contributed by atoms with Gasteiger partial charge in [0.15, 0.2) is 5.16 Å². The first-order valence-electron chi connectivity index (χ1n) is 5.77. The number of aromatic amines is 1. The van der Waals surface area contributed by atoms with Crippen molar-refractivity contribution in [1.29, 1.82) is 0 Å². The highest BCUT2D eigenvalue weighted by atomic mass is 32.2. The third kappa shape index (κ3) is 3.78. The molecule has 5 nitrogen and oxygen atoms in total. The molecule has 1 aromatic carbocycles. The highest BCUT2D eigenvalue weighted by Gasteiger charge is 2.19. The van der Waals surface area contributed by atoms with Crippen LogP contribution in [0, 0.1) is 5.82 Å². The maximum absolute atomic E-state index is 12.8. The van der Waals surface area contributed by atoms with Gasteiger partial charge in [0.25, 0.3) is 0 Å². The summed E-state index contributed by atoms with van der Waals surface area (Å²) in [6, 6.07) is 5.67. The summed E-state index contributed by atoms with van der Waals surface area (Å²) in [5, 5.41) is 9.50. The lowest BCUT2D eigenvalue weighted by Gasteiger charge is -2.13. The summed E-state index contributed by atoms with van der Waals surface area (Å²) < 4.78 is 12.8. The Kier molecular flexibility index (Phi) is 4.51. The summed E-state index contributed by atoms with van der Waals surface area (Å²) in [6.07, 6.45) is 2.05. The SMILES string of the molecule is CC[C@H](Sc1ncn[nH]1)C(=O)Nc1ccc(F)cc1. The lowest BCUT2D eigenvalue weighted by Crippen LogP contribution is -2.24. The van der Waals surface area contributed by atoms with Gasteiger partial charge in [-0.15, -0.1) is 0 Å². The van der Waals surface area contributed by atoms with Gasteiger partial charge in [0.2, 0.25) is 5.91 Å². The molecule has 2 aromatic rings. The average molecular weight is 280 g/mol. The summed E-state index contributed by atoms with van der Waals surface area (Å²) in [5.41, 5.74) is 0.572. The van der Waals surface area contributed by atoms with Gasteiger partial charge >= 0.3 is 0 Å².